The van der Waals surface area contributed by atoms with E-state index < -0.39 is 29.4 Å². The summed E-state index contributed by atoms with van der Waals surface area (Å²) in [5.41, 5.74) is 2.46. The van der Waals surface area contributed by atoms with Gasteiger partial charge in [0.05, 0.1) is 12.0 Å². The molecule has 3 aliphatic heterocycles. The van der Waals surface area contributed by atoms with Crippen LogP contribution in [0.5, 0.6) is 5.75 Å². The summed E-state index contributed by atoms with van der Waals surface area (Å²) in [6.45, 7) is 1.31. The van der Waals surface area contributed by atoms with Crippen molar-refractivity contribution in [2.75, 3.05) is 5.32 Å². The molecule has 1 fully saturated rings. The molecule has 1 saturated heterocycles. The largest absolute Gasteiger partial charge is 0.427 e. The number of para-hydroxylation sites is 1. The second-order valence-corrected chi connectivity index (χ2v) is 11.9. The molecular weight excluding hydrogens is 608 g/mol. The number of carbonyl (C=O) groups is 4. The highest BCUT2D eigenvalue weighted by Crippen LogP contribution is 2.62. The zero-order valence-corrected chi connectivity index (χ0v) is 24.6. The van der Waals surface area contributed by atoms with Crippen molar-refractivity contribution in [1.82, 2.24) is 4.90 Å². The van der Waals surface area contributed by atoms with E-state index in [9.17, 15) is 19.2 Å². The van der Waals surface area contributed by atoms with Gasteiger partial charge in [-0.15, -0.1) is 0 Å². The van der Waals surface area contributed by atoms with Crippen molar-refractivity contribution in [1.29, 1.82) is 0 Å². The summed E-state index contributed by atoms with van der Waals surface area (Å²) in [4.78, 5) is 57.3. The Labute approximate surface area is 256 Å². The minimum absolute atomic E-state index is 0.297. The highest BCUT2D eigenvalue weighted by molar-refractivity contribution is 9.10. The first-order valence-electron chi connectivity index (χ1n) is 13.9. The Morgan fingerprint density at radius 3 is 2.23 bits per heavy atom. The van der Waals surface area contributed by atoms with E-state index in [-0.39, 0.29) is 17.5 Å². The minimum atomic E-state index is -1.40. The van der Waals surface area contributed by atoms with Gasteiger partial charge in [-0.1, -0.05) is 70.5 Å². The lowest BCUT2D eigenvalue weighted by Crippen LogP contribution is -2.49. The highest BCUT2D eigenvalue weighted by atomic mass is 79.9. The molecule has 4 aromatic carbocycles. The van der Waals surface area contributed by atoms with Gasteiger partial charge in [0.2, 0.25) is 5.91 Å². The lowest BCUT2D eigenvalue weighted by Gasteiger charge is -2.38. The molecule has 1 N–H and O–H groups in total. The van der Waals surface area contributed by atoms with Crippen LogP contribution < -0.4 is 10.1 Å². The molecule has 212 valence electrons. The molecule has 3 heterocycles. The van der Waals surface area contributed by atoms with Gasteiger partial charge in [0, 0.05) is 34.4 Å². The van der Waals surface area contributed by atoms with E-state index in [1.807, 2.05) is 65.7 Å². The summed E-state index contributed by atoms with van der Waals surface area (Å²) in [6.07, 6.45) is 3.77. The van der Waals surface area contributed by atoms with Crippen molar-refractivity contribution in [3.63, 3.8) is 0 Å². The molecule has 0 unspecified atom stereocenters. The maximum absolute atomic E-state index is 14.8. The third-order valence-electron chi connectivity index (χ3n) is 8.65. The standard InChI is InChI=1S/C35H25BrN2O5/c1-20(39)43-25-16-12-23(13-17-25)32(41)30-29(31(40)22-10-14-24(36)15-11-22)35(27-8-4-5-9-28(27)37-34(35)42)33-26-7-3-2-6-21(26)18-19-38(30)33/h2-19,29-30,33H,1H3,(H,37,42)/t29-,30+,33+,35-/m0/s1. The maximum Gasteiger partial charge on any atom is 0.308 e. The van der Waals surface area contributed by atoms with Gasteiger partial charge >= 0.3 is 5.97 Å². The van der Waals surface area contributed by atoms with Crippen LogP contribution in [0.4, 0.5) is 5.69 Å². The number of halogens is 1. The maximum atomic E-state index is 14.8. The normalized spacial score (nSPS) is 22.9. The number of rotatable bonds is 5. The molecule has 1 spiro atoms. The van der Waals surface area contributed by atoms with Crippen LogP contribution in [0, 0.1) is 5.92 Å². The zero-order chi connectivity index (χ0) is 29.9. The van der Waals surface area contributed by atoms with Gasteiger partial charge in [-0.3, -0.25) is 19.2 Å². The van der Waals surface area contributed by atoms with Crippen LogP contribution in [-0.4, -0.2) is 34.4 Å². The van der Waals surface area contributed by atoms with Crippen molar-refractivity contribution in [2.45, 2.75) is 24.4 Å². The molecule has 0 aliphatic carbocycles. The molecule has 43 heavy (non-hydrogen) atoms. The number of anilines is 1. The predicted molar refractivity (Wildman–Crippen MR) is 165 cm³/mol. The number of benzene rings is 4. The van der Waals surface area contributed by atoms with E-state index in [4.69, 9.17) is 4.74 Å². The lowest BCUT2D eigenvalue weighted by atomic mass is 9.62. The van der Waals surface area contributed by atoms with E-state index in [1.54, 1.807) is 48.5 Å². The molecule has 0 aromatic heterocycles. The molecule has 7 rings (SSSR count). The quantitative estimate of drug-likeness (QED) is 0.156. The first-order chi connectivity index (χ1) is 20.8. The number of ketones is 2. The SMILES string of the molecule is CC(=O)Oc1ccc(C(=O)[C@H]2[C@@H](C(=O)c3ccc(Br)cc3)[C@]3(C(=O)Nc4ccccc43)[C@H]3c4ccccc4C=CN23)cc1. The van der Waals surface area contributed by atoms with Crippen LogP contribution in [-0.2, 0) is 15.0 Å². The number of hydrogen-bond acceptors (Lipinski definition) is 6. The van der Waals surface area contributed by atoms with Crippen LogP contribution in [0.1, 0.15) is 50.4 Å². The fraction of sp³-hybridized carbons (Fsp3) is 0.143. The number of nitrogens with zero attached hydrogens (tertiary/aromatic N) is 1. The Morgan fingerprint density at radius 2 is 1.49 bits per heavy atom. The van der Waals surface area contributed by atoms with Gasteiger partial charge in [0.15, 0.2) is 11.6 Å². The second-order valence-electron chi connectivity index (χ2n) is 10.9. The highest BCUT2D eigenvalue weighted by Gasteiger charge is 2.70. The fourth-order valence-corrected chi connectivity index (χ4v) is 7.25. The average molecular weight is 633 g/mol. The van der Waals surface area contributed by atoms with Crippen molar-refractivity contribution < 1.29 is 23.9 Å². The molecule has 4 atom stereocenters. The molecule has 0 saturated carbocycles. The van der Waals surface area contributed by atoms with E-state index in [0.29, 0.717) is 28.1 Å². The van der Waals surface area contributed by atoms with Crippen LogP contribution in [0.15, 0.2) is 108 Å². The molecule has 4 aromatic rings. The number of ether oxygens (including phenoxy) is 1. The number of esters is 1. The van der Waals surface area contributed by atoms with Gasteiger partial charge in [-0.25, -0.2) is 0 Å². The first kappa shape index (κ1) is 27.0. The topological polar surface area (TPSA) is 92.8 Å². The average Bonchev–Trinajstić information content (AvgIpc) is 3.49. The lowest BCUT2D eigenvalue weighted by molar-refractivity contribution is -0.131. The third-order valence-corrected chi connectivity index (χ3v) is 9.18. The number of nitrogens with one attached hydrogen (secondary N) is 1. The molecule has 0 bridgehead atoms. The van der Waals surface area contributed by atoms with Crippen molar-refractivity contribution >= 4 is 51.1 Å². The van der Waals surface area contributed by atoms with Crippen LogP contribution >= 0.6 is 15.9 Å². The Morgan fingerprint density at radius 1 is 0.837 bits per heavy atom. The number of Topliss-reactive ketones (excluding diaryl/α,β-unsaturated/α-hetero) is 2. The second kappa shape index (κ2) is 10.2. The molecule has 3 aliphatic rings. The van der Waals surface area contributed by atoms with Crippen molar-refractivity contribution in [3.8, 4) is 5.75 Å². The fourth-order valence-electron chi connectivity index (χ4n) is 6.99. The van der Waals surface area contributed by atoms with Gasteiger partial charge in [0.1, 0.15) is 17.2 Å². The zero-order valence-electron chi connectivity index (χ0n) is 23.0. The Kier molecular flexibility index (Phi) is 6.39. The summed E-state index contributed by atoms with van der Waals surface area (Å²) >= 11 is 3.44. The van der Waals surface area contributed by atoms with Gasteiger partial charge in [-0.2, -0.15) is 0 Å². The van der Waals surface area contributed by atoms with Gasteiger partial charge in [0.25, 0.3) is 0 Å². The number of amides is 1. The number of fused-ring (bicyclic) bond motifs is 6. The molecule has 0 radical (unpaired) electrons. The summed E-state index contributed by atoms with van der Waals surface area (Å²) < 4.78 is 5.98. The molecule has 8 heteroatoms. The molecular formula is C35H25BrN2O5. The monoisotopic (exact) mass is 632 g/mol. The van der Waals surface area contributed by atoms with Gasteiger partial charge in [-0.05, 0) is 65.2 Å². The van der Waals surface area contributed by atoms with E-state index in [0.717, 1.165) is 15.6 Å². The number of hydrogen-bond donors (Lipinski definition) is 1. The van der Waals surface area contributed by atoms with E-state index in [2.05, 4.69) is 21.2 Å². The van der Waals surface area contributed by atoms with E-state index in [1.165, 1.54) is 6.92 Å². The molecule has 1 amide bonds. The minimum Gasteiger partial charge on any atom is -0.427 e. The van der Waals surface area contributed by atoms with Crippen LogP contribution in [0.3, 0.4) is 0 Å². The third kappa shape index (κ3) is 4.08. The summed E-state index contributed by atoms with van der Waals surface area (Å²) in [7, 11) is 0. The van der Waals surface area contributed by atoms with Crippen LogP contribution in [0.2, 0.25) is 0 Å². The first-order valence-corrected chi connectivity index (χ1v) is 14.7. The van der Waals surface area contributed by atoms with Crippen molar-refractivity contribution in [2.24, 2.45) is 5.92 Å². The predicted octanol–water partition coefficient (Wildman–Crippen LogP) is 6.36. The van der Waals surface area contributed by atoms with Crippen LogP contribution in [0.25, 0.3) is 6.08 Å². The van der Waals surface area contributed by atoms with Gasteiger partial charge < -0.3 is 15.0 Å². The Bertz CT molecular complexity index is 1850. The van der Waals surface area contributed by atoms with Crippen molar-refractivity contribution in [3.05, 3.63) is 136 Å². The summed E-state index contributed by atoms with van der Waals surface area (Å²) in [6, 6.07) is 26.9. The summed E-state index contributed by atoms with van der Waals surface area (Å²) in [5, 5.41) is 3.06. The Balaban J connectivity index is 1.48. The summed E-state index contributed by atoms with van der Waals surface area (Å²) in [5.74, 6) is -2.16. The Hall–Kier alpha value is -4.82. The smallest absolute Gasteiger partial charge is 0.308 e. The molecule has 7 nitrogen and oxygen atoms in total. The number of carbonyl (C=O) groups excluding carboxylic acids is 4. The van der Waals surface area contributed by atoms with E-state index >= 15 is 0 Å².